The van der Waals surface area contributed by atoms with Crippen molar-refractivity contribution in [1.29, 1.82) is 0 Å². The average Bonchev–Trinajstić information content (AvgIpc) is 2.85. The first kappa shape index (κ1) is 35.9. The first-order chi connectivity index (χ1) is 18.9. The van der Waals surface area contributed by atoms with Gasteiger partial charge < -0.3 is 29.8 Å². The van der Waals surface area contributed by atoms with Crippen LogP contribution in [0, 0.1) is 23.2 Å². The maximum atomic E-state index is 12.6. The molecule has 41 heavy (non-hydrogen) atoms. The fraction of sp³-hybridized carbons (Fsp3) is 0.677. The Kier molecular flexibility index (Phi) is 14.3. The quantitative estimate of drug-likeness (QED) is 0.184. The summed E-state index contributed by atoms with van der Waals surface area (Å²) in [5.74, 6) is -3.10. The van der Waals surface area contributed by atoms with Crippen LogP contribution in [-0.4, -0.2) is 47.9 Å². The number of carbonyl (C=O) groups excluding carboxylic acids is 3. The molecule has 232 valence electrons. The Morgan fingerprint density at radius 3 is 1.83 bits per heavy atom. The lowest BCUT2D eigenvalue weighted by molar-refractivity contribution is -0.140. The third kappa shape index (κ3) is 13.4. The molecule has 10 heteroatoms. The van der Waals surface area contributed by atoms with Crippen molar-refractivity contribution in [2.45, 2.75) is 106 Å². The zero-order valence-corrected chi connectivity index (χ0v) is 26.0. The van der Waals surface area contributed by atoms with Gasteiger partial charge in [0.05, 0.1) is 6.61 Å². The second-order valence-electron chi connectivity index (χ2n) is 12.7. The van der Waals surface area contributed by atoms with Crippen molar-refractivity contribution in [3.05, 3.63) is 23.8 Å². The van der Waals surface area contributed by atoms with E-state index in [1.807, 2.05) is 48.5 Å². The number of hydrogen-bond donors (Lipinski definition) is 2. The normalized spacial score (nSPS) is 14.6. The van der Waals surface area contributed by atoms with Gasteiger partial charge in [0.2, 0.25) is 0 Å². The van der Waals surface area contributed by atoms with Crippen LogP contribution in [0.15, 0.2) is 18.2 Å². The van der Waals surface area contributed by atoms with Crippen molar-refractivity contribution >= 4 is 24.1 Å². The van der Waals surface area contributed by atoms with Crippen molar-refractivity contribution in [1.82, 2.24) is 0 Å². The number of aliphatic carboxylic acids is 1. The molecule has 0 aliphatic carbocycles. The number of rotatable bonds is 15. The molecule has 3 N–H and O–H groups in total. The van der Waals surface area contributed by atoms with Crippen molar-refractivity contribution in [2.75, 3.05) is 6.61 Å². The molecular formula is C31H49NO9. The SMILES string of the molecule is CC(C)CCC(=O)Oc1ccc(C(C(C)C(C)OC(=O)OCC(C)(C)C)[C@H](N)C(=O)O)cc1OC(=O)CCC(C)C. The van der Waals surface area contributed by atoms with E-state index in [-0.39, 0.29) is 42.3 Å². The molecule has 0 saturated heterocycles. The predicted molar refractivity (Wildman–Crippen MR) is 155 cm³/mol. The van der Waals surface area contributed by atoms with Gasteiger partial charge in [0.1, 0.15) is 12.1 Å². The molecule has 1 aromatic carbocycles. The Morgan fingerprint density at radius 2 is 1.37 bits per heavy atom. The van der Waals surface area contributed by atoms with E-state index < -0.39 is 48.0 Å². The minimum atomic E-state index is -1.38. The molecule has 0 heterocycles. The predicted octanol–water partition coefficient (Wildman–Crippen LogP) is 6.09. The minimum Gasteiger partial charge on any atom is -0.480 e. The van der Waals surface area contributed by atoms with Crippen molar-refractivity contribution < 1.29 is 43.2 Å². The number of benzene rings is 1. The Balaban J connectivity index is 3.36. The van der Waals surface area contributed by atoms with Crippen LogP contribution in [0.25, 0.3) is 0 Å². The highest BCUT2D eigenvalue weighted by Gasteiger charge is 2.36. The summed E-state index contributed by atoms with van der Waals surface area (Å²) in [5.41, 5.74) is 6.29. The summed E-state index contributed by atoms with van der Waals surface area (Å²) < 4.78 is 21.8. The Morgan fingerprint density at radius 1 is 0.854 bits per heavy atom. The van der Waals surface area contributed by atoms with E-state index in [4.69, 9.17) is 24.7 Å². The lowest BCUT2D eigenvalue weighted by Crippen LogP contribution is -2.42. The number of esters is 2. The number of hydrogen-bond acceptors (Lipinski definition) is 9. The van der Waals surface area contributed by atoms with E-state index in [9.17, 15) is 24.3 Å². The standard InChI is InChI=1S/C31H49NO9/c1-18(2)10-14-25(33)40-23-13-12-22(16-24(23)41-26(34)15-11-19(3)4)27(28(32)29(35)36)20(5)21(6)39-30(37)38-17-31(7,8)9/h12-13,16,18-21,27-28H,10-11,14-15,17,32H2,1-9H3,(H,35,36)/t20?,21?,27?,28-/m0/s1. The molecule has 1 rings (SSSR count). The van der Waals surface area contributed by atoms with Gasteiger partial charge >= 0.3 is 24.1 Å². The van der Waals surface area contributed by atoms with E-state index >= 15 is 0 Å². The largest absolute Gasteiger partial charge is 0.508 e. The Labute approximate surface area is 244 Å². The molecule has 10 nitrogen and oxygen atoms in total. The van der Waals surface area contributed by atoms with E-state index in [1.54, 1.807) is 19.9 Å². The third-order valence-corrected chi connectivity index (χ3v) is 6.54. The summed E-state index contributed by atoms with van der Waals surface area (Å²) in [6.45, 7) is 17.2. The lowest BCUT2D eigenvalue weighted by atomic mass is 9.79. The second kappa shape index (κ2) is 16.3. The number of carbonyl (C=O) groups is 4. The lowest BCUT2D eigenvalue weighted by Gasteiger charge is -2.31. The minimum absolute atomic E-state index is 0.0119. The number of carboxylic acid groups (broad SMARTS) is 1. The van der Waals surface area contributed by atoms with Gasteiger partial charge in [-0.05, 0) is 54.7 Å². The zero-order chi connectivity index (χ0) is 31.5. The molecule has 0 amide bonds. The summed E-state index contributed by atoms with van der Waals surface area (Å²) in [7, 11) is 0. The molecule has 4 atom stereocenters. The molecule has 0 saturated carbocycles. The third-order valence-electron chi connectivity index (χ3n) is 6.54. The summed E-state index contributed by atoms with van der Waals surface area (Å²) >= 11 is 0. The second-order valence-corrected chi connectivity index (χ2v) is 12.7. The Bertz CT molecular complexity index is 1030. The topological polar surface area (TPSA) is 151 Å². The van der Waals surface area contributed by atoms with Gasteiger partial charge in [-0.3, -0.25) is 14.4 Å². The van der Waals surface area contributed by atoms with Gasteiger partial charge in [-0.1, -0.05) is 61.5 Å². The van der Waals surface area contributed by atoms with Crippen LogP contribution in [-0.2, 0) is 23.9 Å². The summed E-state index contributed by atoms with van der Waals surface area (Å²) in [6.07, 6.45) is -0.0773. The number of nitrogens with two attached hydrogens (primary N) is 1. The van der Waals surface area contributed by atoms with Crippen LogP contribution in [0.3, 0.4) is 0 Å². The van der Waals surface area contributed by atoms with Crippen LogP contribution >= 0.6 is 0 Å². The maximum Gasteiger partial charge on any atom is 0.508 e. The van der Waals surface area contributed by atoms with Crippen LogP contribution in [0.4, 0.5) is 4.79 Å². The van der Waals surface area contributed by atoms with Crippen LogP contribution in [0.1, 0.15) is 99.5 Å². The van der Waals surface area contributed by atoms with Gasteiger partial charge in [0.25, 0.3) is 0 Å². The fourth-order valence-corrected chi connectivity index (χ4v) is 3.91. The van der Waals surface area contributed by atoms with Gasteiger partial charge in [0.15, 0.2) is 11.5 Å². The summed E-state index contributed by atoms with van der Waals surface area (Å²) in [5, 5.41) is 9.80. The number of ether oxygens (including phenoxy) is 4. The van der Waals surface area contributed by atoms with E-state index in [0.29, 0.717) is 24.3 Å². The van der Waals surface area contributed by atoms with Crippen LogP contribution in [0.5, 0.6) is 11.5 Å². The first-order valence-corrected chi connectivity index (χ1v) is 14.3. The monoisotopic (exact) mass is 579 g/mol. The highest BCUT2D eigenvalue weighted by atomic mass is 16.7. The summed E-state index contributed by atoms with van der Waals surface area (Å²) in [6, 6.07) is 3.12. The molecule has 0 bridgehead atoms. The van der Waals surface area contributed by atoms with E-state index in [0.717, 1.165) is 0 Å². The molecule has 0 spiro atoms. The zero-order valence-electron chi connectivity index (χ0n) is 26.0. The highest BCUT2D eigenvalue weighted by molar-refractivity contribution is 5.77. The Hall–Kier alpha value is -3.14. The highest BCUT2D eigenvalue weighted by Crippen LogP contribution is 2.37. The molecule has 1 aromatic rings. The maximum absolute atomic E-state index is 12.6. The van der Waals surface area contributed by atoms with Crippen molar-refractivity contribution in [2.24, 2.45) is 28.9 Å². The molecule has 0 aromatic heterocycles. The molecule has 3 unspecified atom stereocenters. The van der Waals surface area contributed by atoms with Gasteiger partial charge in [0, 0.05) is 24.7 Å². The number of carboxylic acids is 1. The molecule has 0 fully saturated rings. The fourth-order valence-electron chi connectivity index (χ4n) is 3.91. The van der Waals surface area contributed by atoms with E-state index in [2.05, 4.69) is 0 Å². The summed E-state index contributed by atoms with van der Waals surface area (Å²) in [4.78, 5) is 49.4. The van der Waals surface area contributed by atoms with Crippen LogP contribution < -0.4 is 15.2 Å². The average molecular weight is 580 g/mol. The molecule has 0 radical (unpaired) electrons. The van der Waals surface area contributed by atoms with Crippen LogP contribution in [0.2, 0.25) is 0 Å². The molecular weight excluding hydrogens is 530 g/mol. The van der Waals surface area contributed by atoms with Gasteiger partial charge in [-0.15, -0.1) is 0 Å². The van der Waals surface area contributed by atoms with Crippen molar-refractivity contribution in [3.8, 4) is 11.5 Å². The van der Waals surface area contributed by atoms with Gasteiger partial charge in [-0.2, -0.15) is 0 Å². The van der Waals surface area contributed by atoms with Crippen molar-refractivity contribution in [3.63, 3.8) is 0 Å². The van der Waals surface area contributed by atoms with Gasteiger partial charge in [-0.25, -0.2) is 4.79 Å². The smallest absolute Gasteiger partial charge is 0.480 e. The molecule has 0 aliphatic rings. The first-order valence-electron chi connectivity index (χ1n) is 14.3. The van der Waals surface area contributed by atoms with E-state index in [1.165, 1.54) is 12.1 Å². The molecule has 0 aliphatic heterocycles.